The summed E-state index contributed by atoms with van der Waals surface area (Å²) in [7, 11) is 1.19. The third-order valence-electron chi connectivity index (χ3n) is 2.97. The Bertz CT molecular complexity index is 427. The molecule has 1 unspecified atom stereocenters. The minimum absolute atomic E-state index is 0.00435. The first-order valence-corrected chi connectivity index (χ1v) is 6.15. The number of hydrogen-bond acceptors (Lipinski definition) is 2. The van der Waals surface area contributed by atoms with E-state index in [0.717, 1.165) is 12.5 Å². The smallest absolute Gasteiger partial charge is 0.416 e. The normalized spacial score (nSPS) is 13.1. The zero-order valence-electron chi connectivity index (χ0n) is 11.0. The van der Waals surface area contributed by atoms with Crippen LogP contribution in [0.3, 0.4) is 0 Å². The van der Waals surface area contributed by atoms with Gasteiger partial charge in [0.05, 0.1) is 18.6 Å². The number of alkyl halides is 3. The molecule has 1 rings (SSSR count). The van der Waals surface area contributed by atoms with E-state index in [9.17, 15) is 18.0 Å². The lowest BCUT2D eigenvalue weighted by molar-refractivity contribution is -0.144. The average Bonchev–Trinajstić information content (AvgIpc) is 2.38. The molecule has 0 aliphatic heterocycles. The van der Waals surface area contributed by atoms with E-state index in [0.29, 0.717) is 12.8 Å². The quantitative estimate of drug-likeness (QED) is 0.754. The molecule has 0 aliphatic carbocycles. The Morgan fingerprint density at radius 3 is 2.47 bits per heavy atom. The minimum atomic E-state index is -4.46. The van der Waals surface area contributed by atoms with Crippen molar-refractivity contribution in [1.82, 2.24) is 0 Å². The molecule has 0 heterocycles. The molecule has 0 radical (unpaired) electrons. The van der Waals surface area contributed by atoms with Crippen LogP contribution in [0.1, 0.15) is 43.2 Å². The summed E-state index contributed by atoms with van der Waals surface area (Å²) in [5.74, 6) is -1.48. The second-order valence-electron chi connectivity index (χ2n) is 4.30. The first-order chi connectivity index (χ1) is 8.91. The van der Waals surface area contributed by atoms with Crippen molar-refractivity contribution in [2.45, 2.75) is 38.3 Å². The molecule has 0 aliphatic rings. The van der Waals surface area contributed by atoms with E-state index in [1.54, 1.807) is 0 Å². The van der Waals surface area contributed by atoms with Gasteiger partial charge in [-0.05, 0) is 18.1 Å². The summed E-state index contributed by atoms with van der Waals surface area (Å²) in [5, 5.41) is 0. The molecule has 0 aromatic heterocycles. The molecule has 5 heteroatoms. The van der Waals surface area contributed by atoms with Gasteiger partial charge in [0, 0.05) is 0 Å². The molecule has 0 saturated carbocycles. The van der Waals surface area contributed by atoms with Crippen molar-refractivity contribution >= 4 is 5.97 Å². The van der Waals surface area contributed by atoms with E-state index < -0.39 is 23.6 Å². The van der Waals surface area contributed by atoms with Gasteiger partial charge in [-0.15, -0.1) is 0 Å². The van der Waals surface area contributed by atoms with E-state index in [1.165, 1.54) is 25.3 Å². The number of unbranched alkanes of at least 4 members (excludes halogenated alkanes) is 1. The molecule has 0 fully saturated rings. The number of carbonyl (C=O) groups excluding carboxylic acids is 1. The molecule has 0 spiro atoms. The maximum Gasteiger partial charge on any atom is 0.416 e. The Morgan fingerprint density at radius 1 is 1.32 bits per heavy atom. The van der Waals surface area contributed by atoms with Crippen molar-refractivity contribution in [2.75, 3.05) is 7.11 Å². The molecule has 2 nitrogen and oxygen atoms in total. The fraction of sp³-hybridized carbons (Fsp3) is 0.500. The van der Waals surface area contributed by atoms with Crippen molar-refractivity contribution in [2.24, 2.45) is 0 Å². The maximum absolute atomic E-state index is 12.9. The number of esters is 1. The van der Waals surface area contributed by atoms with Gasteiger partial charge in [-0.2, -0.15) is 13.2 Å². The highest BCUT2D eigenvalue weighted by Gasteiger charge is 2.36. The van der Waals surface area contributed by atoms with Gasteiger partial charge in [0.2, 0.25) is 0 Å². The van der Waals surface area contributed by atoms with Gasteiger partial charge < -0.3 is 4.74 Å². The van der Waals surface area contributed by atoms with Gasteiger partial charge in [0.15, 0.2) is 0 Å². The predicted octanol–water partition coefficient (Wildman–Crippen LogP) is 4.15. The van der Waals surface area contributed by atoms with E-state index in [2.05, 4.69) is 4.74 Å². The summed E-state index contributed by atoms with van der Waals surface area (Å²) in [5.41, 5.74) is -0.767. The van der Waals surface area contributed by atoms with Crippen LogP contribution in [0.5, 0.6) is 0 Å². The fourth-order valence-electron chi connectivity index (χ4n) is 2.01. The topological polar surface area (TPSA) is 26.3 Å². The third-order valence-corrected chi connectivity index (χ3v) is 2.97. The van der Waals surface area contributed by atoms with Crippen LogP contribution in [0.4, 0.5) is 13.2 Å². The van der Waals surface area contributed by atoms with Crippen LogP contribution in [-0.2, 0) is 15.7 Å². The van der Waals surface area contributed by atoms with Crippen LogP contribution >= 0.6 is 0 Å². The monoisotopic (exact) mass is 274 g/mol. The van der Waals surface area contributed by atoms with Gasteiger partial charge in [0.1, 0.15) is 0 Å². The molecule has 19 heavy (non-hydrogen) atoms. The molecule has 1 aromatic carbocycles. The second kappa shape index (κ2) is 6.59. The van der Waals surface area contributed by atoms with Gasteiger partial charge >= 0.3 is 12.1 Å². The number of hydrogen-bond donors (Lipinski definition) is 0. The molecule has 1 atom stereocenters. The molecule has 0 N–H and O–H groups in total. The Balaban J connectivity index is 3.18. The number of benzene rings is 1. The molecule has 0 saturated heterocycles. The number of carbonyl (C=O) groups is 1. The maximum atomic E-state index is 12.9. The standard InChI is InChI=1S/C14H17F3O2/c1-3-4-7-11(13(18)19-2)10-8-5-6-9-12(10)14(15,16)17/h5-6,8-9,11H,3-4,7H2,1-2H3. The summed E-state index contributed by atoms with van der Waals surface area (Å²) in [6, 6.07) is 5.17. The Hall–Kier alpha value is -1.52. The van der Waals surface area contributed by atoms with Gasteiger partial charge in [0.25, 0.3) is 0 Å². The fourth-order valence-corrected chi connectivity index (χ4v) is 2.01. The van der Waals surface area contributed by atoms with Crippen LogP contribution in [-0.4, -0.2) is 13.1 Å². The molecule has 0 bridgehead atoms. The van der Waals surface area contributed by atoms with E-state index in [4.69, 9.17) is 0 Å². The largest absolute Gasteiger partial charge is 0.469 e. The highest BCUT2D eigenvalue weighted by molar-refractivity contribution is 5.78. The summed E-state index contributed by atoms with van der Waals surface area (Å²) in [4.78, 5) is 11.7. The lowest BCUT2D eigenvalue weighted by atomic mass is 9.89. The van der Waals surface area contributed by atoms with Crippen LogP contribution < -0.4 is 0 Å². The van der Waals surface area contributed by atoms with Gasteiger partial charge in [-0.3, -0.25) is 4.79 Å². The Kier molecular flexibility index (Phi) is 5.39. The first kappa shape index (κ1) is 15.5. The predicted molar refractivity (Wildman–Crippen MR) is 65.7 cm³/mol. The SMILES string of the molecule is CCCCC(C(=O)OC)c1ccccc1C(F)(F)F. The third kappa shape index (κ3) is 3.98. The molecule has 1 aromatic rings. The average molecular weight is 274 g/mol. The molecule has 0 amide bonds. The van der Waals surface area contributed by atoms with Crippen LogP contribution in [0.2, 0.25) is 0 Å². The van der Waals surface area contributed by atoms with Crippen molar-refractivity contribution in [3.8, 4) is 0 Å². The van der Waals surface area contributed by atoms with E-state index in [1.807, 2.05) is 6.92 Å². The minimum Gasteiger partial charge on any atom is -0.469 e. The Morgan fingerprint density at radius 2 is 1.95 bits per heavy atom. The highest BCUT2D eigenvalue weighted by atomic mass is 19.4. The van der Waals surface area contributed by atoms with Crippen molar-refractivity contribution in [1.29, 1.82) is 0 Å². The van der Waals surface area contributed by atoms with E-state index >= 15 is 0 Å². The van der Waals surface area contributed by atoms with Crippen LogP contribution in [0.25, 0.3) is 0 Å². The second-order valence-corrected chi connectivity index (χ2v) is 4.30. The van der Waals surface area contributed by atoms with Crippen LogP contribution in [0.15, 0.2) is 24.3 Å². The first-order valence-electron chi connectivity index (χ1n) is 6.15. The summed E-state index contributed by atoms with van der Waals surface area (Å²) >= 11 is 0. The summed E-state index contributed by atoms with van der Waals surface area (Å²) in [6.45, 7) is 1.92. The van der Waals surface area contributed by atoms with Gasteiger partial charge in [-0.25, -0.2) is 0 Å². The molecule has 106 valence electrons. The molecular formula is C14H17F3O2. The lowest BCUT2D eigenvalue weighted by Gasteiger charge is -2.19. The summed E-state index contributed by atoms with van der Waals surface area (Å²) < 4.78 is 43.5. The number of methoxy groups -OCH3 is 1. The molecular weight excluding hydrogens is 257 g/mol. The van der Waals surface area contributed by atoms with E-state index in [-0.39, 0.29) is 5.56 Å². The highest BCUT2D eigenvalue weighted by Crippen LogP contribution is 2.37. The number of halogens is 3. The zero-order valence-corrected chi connectivity index (χ0v) is 11.0. The van der Waals surface area contributed by atoms with Crippen molar-refractivity contribution in [3.63, 3.8) is 0 Å². The van der Waals surface area contributed by atoms with Crippen LogP contribution in [0, 0.1) is 0 Å². The summed E-state index contributed by atoms with van der Waals surface area (Å²) in [6.07, 6.45) is -2.63. The zero-order chi connectivity index (χ0) is 14.5. The van der Waals surface area contributed by atoms with Crippen molar-refractivity contribution < 1.29 is 22.7 Å². The number of rotatable bonds is 5. The number of ether oxygens (including phenoxy) is 1. The van der Waals surface area contributed by atoms with Gasteiger partial charge in [-0.1, -0.05) is 38.0 Å². The lowest BCUT2D eigenvalue weighted by Crippen LogP contribution is -2.19. The van der Waals surface area contributed by atoms with Crippen molar-refractivity contribution in [3.05, 3.63) is 35.4 Å². The Labute approximate surface area is 110 Å².